The Balaban J connectivity index is 1.65. The van der Waals surface area contributed by atoms with Crippen LogP contribution in [0.1, 0.15) is 30.5 Å². The number of benzene rings is 2. The van der Waals surface area contributed by atoms with E-state index >= 15 is 0 Å². The highest BCUT2D eigenvalue weighted by Gasteiger charge is 2.26. The highest BCUT2D eigenvalue weighted by atomic mass is 35.5. The van der Waals surface area contributed by atoms with Crippen molar-refractivity contribution >= 4 is 50.2 Å². The van der Waals surface area contributed by atoms with Gasteiger partial charge in [-0.05, 0) is 28.8 Å². The number of fused-ring (bicyclic) bond motifs is 1. The Labute approximate surface area is 219 Å². The van der Waals surface area contributed by atoms with E-state index in [1.165, 1.54) is 0 Å². The van der Waals surface area contributed by atoms with Crippen molar-refractivity contribution in [1.82, 2.24) is 15.0 Å². The van der Waals surface area contributed by atoms with Gasteiger partial charge in [0.2, 0.25) is 16.0 Å². The minimum absolute atomic E-state index is 0.00460. The van der Waals surface area contributed by atoms with Gasteiger partial charge in [0.1, 0.15) is 18.3 Å². The first-order valence-electron chi connectivity index (χ1n) is 10.9. The lowest BCUT2D eigenvalue weighted by Crippen LogP contribution is -2.19. The van der Waals surface area contributed by atoms with E-state index in [1.54, 1.807) is 12.3 Å². The maximum absolute atomic E-state index is 11.5. The fourth-order valence-corrected chi connectivity index (χ4v) is 4.70. The zero-order chi connectivity index (χ0) is 26.1. The van der Waals surface area contributed by atoms with Gasteiger partial charge in [0.05, 0.1) is 22.7 Å². The van der Waals surface area contributed by atoms with Crippen LogP contribution in [0.4, 0.5) is 5.95 Å². The molecule has 0 aliphatic carbocycles. The summed E-state index contributed by atoms with van der Waals surface area (Å²) in [6.07, 6.45) is 4.43. The molecule has 0 radical (unpaired) electrons. The van der Waals surface area contributed by atoms with Crippen LogP contribution in [0.3, 0.4) is 0 Å². The molecule has 0 atom stereocenters. The largest absolute Gasteiger partial charge is 0.489 e. The summed E-state index contributed by atoms with van der Waals surface area (Å²) in [5.74, 6) is 0.637. The zero-order valence-corrected chi connectivity index (χ0v) is 22.1. The summed E-state index contributed by atoms with van der Waals surface area (Å²) in [7, 11) is -3.47. The van der Waals surface area contributed by atoms with Gasteiger partial charge in [-0.1, -0.05) is 49.7 Å². The van der Waals surface area contributed by atoms with Crippen molar-refractivity contribution < 1.29 is 13.2 Å². The molecule has 11 heteroatoms. The lowest BCUT2D eigenvalue weighted by atomic mass is 9.77. The number of ether oxygens (including phenoxy) is 1. The zero-order valence-electron chi connectivity index (χ0n) is 19.8. The first-order chi connectivity index (χ1) is 17.0. The average Bonchev–Trinajstić information content (AvgIpc) is 3.25. The van der Waals surface area contributed by atoms with E-state index in [2.05, 4.69) is 39.6 Å². The summed E-state index contributed by atoms with van der Waals surface area (Å²) in [6, 6.07) is 13.8. The van der Waals surface area contributed by atoms with Crippen LogP contribution in [0.15, 0.2) is 48.8 Å². The number of sulfonamides is 1. The van der Waals surface area contributed by atoms with Crippen LogP contribution < -0.4 is 9.46 Å². The molecule has 4 aromatic rings. The molecular formula is C25H23Cl2N5O3S. The second-order valence-electron chi connectivity index (χ2n) is 8.72. The summed E-state index contributed by atoms with van der Waals surface area (Å²) >= 11 is 12.2. The Morgan fingerprint density at radius 1 is 1.19 bits per heavy atom. The Hall–Kier alpha value is -3.32. The molecule has 0 saturated heterocycles. The molecule has 0 unspecified atom stereocenters. The summed E-state index contributed by atoms with van der Waals surface area (Å²) < 4.78 is 30.8. The molecule has 2 aromatic carbocycles. The lowest BCUT2D eigenvalue weighted by Gasteiger charge is -2.27. The smallest absolute Gasteiger partial charge is 0.238 e. The van der Waals surface area contributed by atoms with E-state index < -0.39 is 15.4 Å². The molecular weight excluding hydrogens is 521 g/mol. The van der Waals surface area contributed by atoms with Crippen LogP contribution in [-0.2, 0) is 15.4 Å². The fourth-order valence-electron chi connectivity index (χ4n) is 3.92. The molecule has 36 heavy (non-hydrogen) atoms. The van der Waals surface area contributed by atoms with E-state index in [0.717, 1.165) is 33.9 Å². The molecule has 0 spiro atoms. The molecule has 0 fully saturated rings. The van der Waals surface area contributed by atoms with Gasteiger partial charge < -0.3 is 9.72 Å². The van der Waals surface area contributed by atoms with Gasteiger partial charge in [0, 0.05) is 28.8 Å². The van der Waals surface area contributed by atoms with Gasteiger partial charge in [-0.25, -0.2) is 13.4 Å². The number of aromatic amines is 1. The first-order valence-corrected chi connectivity index (χ1v) is 13.7. The molecule has 0 amide bonds. The summed E-state index contributed by atoms with van der Waals surface area (Å²) in [6.45, 7) is 4.38. The molecule has 0 bridgehead atoms. The molecule has 0 saturated carbocycles. The van der Waals surface area contributed by atoms with E-state index in [1.807, 2.05) is 36.5 Å². The Morgan fingerprint density at radius 2 is 1.92 bits per heavy atom. The number of anilines is 1. The number of nitrogens with zero attached hydrogens (tertiary/aromatic N) is 3. The van der Waals surface area contributed by atoms with Gasteiger partial charge in [-0.2, -0.15) is 10.2 Å². The topological polar surface area (TPSA) is 121 Å². The molecule has 8 nitrogen and oxygen atoms in total. The van der Waals surface area contributed by atoms with Crippen LogP contribution in [-0.4, -0.2) is 42.1 Å². The van der Waals surface area contributed by atoms with Crippen molar-refractivity contribution in [2.75, 3.05) is 23.5 Å². The second-order valence-corrected chi connectivity index (χ2v) is 11.3. The quantitative estimate of drug-likeness (QED) is 0.284. The predicted molar refractivity (Wildman–Crippen MR) is 142 cm³/mol. The van der Waals surface area contributed by atoms with E-state index in [9.17, 15) is 13.7 Å². The Morgan fingerprint density at radius 3 is 2.56 bits per heavy atom. The number of rotatable bonds is 8. The highest BCUT2D eigenvalue weighted by Crippen LogP contribution is 2.39. The molecule has 2 aromatic heterocycles. The van der Waals surface area contributed by atoms with Crippen molar-refractivity contribution in [3.05, 3.63) is 70.5 Å². The maximum atomic E-state index is 11.5. The molecule has 2 heterocycles. The predicted octanol–water partition coefficient (Wildman–Crippen LogP) is 5.46. The minimum atomic E-state index is -3.47. The maximum Gasteiger partial charge on any atom is 0.238 e. The number of hydrogen-bond donors (Lipinski definition) is 2. The second kappa shape index (κ2) is 9.97. The van der Waals surface area contributed by atoms with Gasteiger partial charge in [-0.15, -0.1) is 11.6 Å². The third-order valence-electron chi connectivity index (χ3n) is 5.84. The molecule has 2 N–H and O–H groups in total. The van der Waals surface area contributed by atoms with Crippen molar-refractivity contribution in [3.8, 4) is 22.9 Å². The highest BCUT2D eigenvalue weighted by molar-refractivity contribution is 7.91. The van der Waals surface area contributed by atoms with Crippen molar-refractivity contribution in [3.63, 3.8) is 0 Å². The number of nitriles is 1. The van der Waals surface area contributed by atoms with Gasteiger partial charge in [0.15, 0.2) is 5.75 Å². The third-order valence-corrected chi connectivity index (χ3v) is 6.82. The number of hydrogen-bond acceptors (Lipinski definition) is 6. The number of halogens is 2. The van der Waals surface area contributed by atoms with E-state index in [0.29, 0.717) is 27.9 Å². The van der Waals surface area contributed by atoms with E-state index in [4.69, 9.17) is 27.9 Å². The molecule has 186 valence electrons. The third kappa shape index (κ3) is 5.26. The van der Waals surface area contributed by atoms with Crippen LogP contribution in [0.2, 0.25) is 5.02 Å². The SMILES string of the molecule is CC(C)(c1ccc(-c2c[nH]c3nc(NS(C)(=O)=O)ncc23)cc1)c1cc(Cl)c(OCCCl)c(C#N)c1. The van der Waals surface area contributed by atoms with Crippen molar-refractivity contribution in [2.45, 2.75) is 19.3 Å². The van der Waals surface area contributed by atoms with Crippen LogP contribution in [0.25, 0.3) is 22.2 Å². The lowest BCUT2D eigenvalue weighted by molar-refractivity contribution is 0.341. The summed E-state index contributed by atoms with van der Waals surface area (Å²) in [4.78, 5) is 11.4. The monoisotopic (exact) mass is 543 g/mol. The first kappa shape index (κ1) is 25.8. The van der Waals surface area contributed by atoms with Crippen LogP contribution in [0.5, 0.6) is 5.75 Å². The normalized spacial score (nSPS) is 11.9. The fraction of sp³-hybridized carbons (Fsp3) is 0.240. The average molecular weight is 544 g/mol. The van der Waals surface area contributed by atoms with Crippen LogP contribution >= 0.6 is 23.2 Å². The number of aromatic nitrogens is 3. The number of alkyl halides is 1. The van der Waals surface area contributed by atoms with Crippen molar-refractivity contribution in [2.24, 2.45) is 0 Å². The summed E-state index contributed by atoms with van der Waals surface area (Å²) in [5.41, 5.74) is 4.15. The molecule has 4 rings (SSSR count). The molecule has 0 aliphatic heterocycles. The van der Waals surface area contributed by atoms with Gasteiger partial charge in [-0.3, -0.25) is 4.72 Å². The van der Waals surface area contributed by atoms with Gasteiger partial charge in [0.25, 0.3) is 0 Å². The minimum Gasteiger partial charge on any atom is -0.489 e. The number of H-pyrrole nitrogens is 1. The summed E-state index contributed by atoms with van der Waals surface area (Å²) in [5, 5.41) is 10.8. The van der Waals surface area contributed by atoms with E-state index in [-0.39, 0.29) is 12.6 Å². The van der Waals surface area contributed by atoms with Gasteiger partial charge >= 0.3 is 0 Å². The number of nitrogens with one attached hydrogen (secondary N) is 2. The standard InChI is InChI=1S/C25H23Cl2N5O3S/c1-25(2,18-10-16(12-28)22(21(27)11-18)35-9-8-26)17-6-4-15(5-7-17)19-13-29-23-20(19)14-30-24(31-23)32-36(3,33)34/h4-7,10-11,13-14H,8-9H2,1-3H3,(H2,29,30,31,32). The molecule has 0 aliphatic rings. The Kier molecular flexibility index (Phi) is 7.14. The van der Waals surface area contributed by atoms with Crippen LogP contribution in [0, 0.1) is 11.3 Å². The van der Waals surface area contributed by atoms with Crippen molar-refractivity contribution in [1.29, 1.82) is 5.26 Å². The Bertz CT molecular complexity index is 1580.